The van der Waals surface area contributed by atoms with Gasteiger partial charge in [0.1, 0.15) is 5.70 Å². The molecule has 0 aliphatic heterocycles. The number of amides is 1. The lowest BCUT2D eigenvalue weighted by Crippen LogP contribution is -2.26. The third-order valence-electron chi connectivity index (χ3n) is 2.08. The van der Waals surface area contributed by atoms with Crippen molar-refractivity contribution in [3.63, 3.8) is 0 Å². The first-order valence-corrected chi connectivity index (χ1v) is 5.85. The van der Waals surface area contributed by atoms with E-state index in [2.05, 4.69) is 5.32 Å². The van der Waals surface area contributed by atoms with E-state index in [1.165, 1.54) is 6.92 Å². The molecule has 0 aliphatic rings. The first kappa shape index (κ1) is 14.0. The first-order chi connectivity index (χ1) is 8.63. The Balaban J connectivity index is 2.87. The predicted molar refractivity (Wildman–Crippen MR) is 69.5 cm³/mol. The summed E-state index contributed by atoms with van der Waals surface area (Å²) in [4.78, 5) is 22.8. The van der Waals surface area contributed by atoms with E-state index in [4.69, 9.17) is 4.74 Å². The summed E-state index contributed by atoms with van der Waals surface area (Å²) < 4.78 is 5.00. The summed E-state index contributed by atoms with van der Waals surface area (Å²) in [5.74, 6) is -0.818. The lowest BCUT2D eigenvalue weighted by atomic mass is 10.2. The van der Waals surface area contributed by atoms with Crippen molar-refractivity contribution in [2.24, 2.45) is 0 Å². The van der Waals surface area contributed by atoms with Crippen molar-refractivity contribution >= 4 is 18.0 Å². The van der Waals surface area contributed by atoms with Gasteiger partial charge in [-0.3, -0.25) is 4.79 Å². The summed E-state index contributed by atoms with van der Waals surface area (Å²) in [6, 6.07) is 9.28. The second-order valence-electron chi connectivity index (χ2n) is 3.79. The lowest BCUT2D eigenvalue weighted by molar-refractivity contribution is -0.140. The molecule has 0 bridgehead atoms. The van der Waals surface area contributed by atoms with E-state index in [9.17, 15) is 9.59 Å². The largest absolute Gasteiger partial charge is 0.461 e. The molecule has 0 unspecified atom stereocenters. The van der Waals surface area contributed by atoms with Gasteiger partial charge < -0.3 is 10.1 Å². The predicted octanol–water partition coefficient (Wildman–Crippen LogP) is 2.12. The molecule has 0 saturated carbocycles. The van der Waals surface area contributed by atoms with Gasteiger partial charge in [-0.15, -0.1) is 0 Å². The Morgan fingerprint density at radius 1 is 1.28 bits per heavy atom. The molecule has 0 aromatic heterocycles. The average Bonchev–Trinajstić information content (AvgIpc) is 2.36. The highest BCUT2D eigenvalue weighted by Crippen LogP contribution is 2.06. The fraction of sp³-hybridized carbons (Fsp3) is 0.286. The third kappa shape index (κ3) is 4.82. The van der Waals surface area contributed by atoms with Crippen LogP contribution in [-0.4, -0.2) is 18.5 Å². The Bertz CT molecular complexity index is 438. The fourth-order valence-corrected chi connectivity index (χ4v) is 1.32. The van der Waals surface area contributed by atoms with Gasteiger partial charge in [-0.25, -0.2) is 4.79 Å². The van der Waals surface area contributed by atoms with E-state index in [1.54, 1.807) is 6.08 Å². The minimum Gasteiger partial charge on any atom is -0.461 e. The number of rotatable bonds is 5. The molecule has 0 heterocycles. The van der Waals surface area contributed by atoms with Crippen molar-refractivity contribution in [1.29, 1.82) is 0 Å². The number of ether oxygens (including phenoxy) is 1. The highest BCUT2D eigenvalue weighted by molar-refractivity contribution is 5.97. The molecule has 1 amide bonds. The standard InChI is InChI=1S/C14H17NO3/c1-3-9-18-14(17)13(15-11(2)16)10-12-7-5-4-6-8-12/h4-8,10H,3,9H2,1-2H3,(H,15,16)/b13-10-. The Morgan fingerprint density at radius 2 is 1.94 bits per heavy atom. The van der Waals surface area contributed by atoms with Gasteiger partial charge in [0.15, 0.2) is 0 Å². The zero-order valence-electron chi connectivity index (χ0n) is 10.6. The monoisotopic (exact) mass is 247 g/mol. The number of hydrogen-bond acceptors (Lipinski definition) is 3. The number of carbonyl (C=O) groups excluding carboxylic acids is 2. The van der Waals surface area contributed by atoms with Gasteiger partial charge in [0.25, 0.3) is 0 Å². The van der Waals surface area contributed by atoms with Crippen LogP contribution < -0.4 is 5.32 Å². The molecule has 18 heavy (non-hydrogen) atoms. The van der Waals surface area contributed by atoms with Crippen molar-refractivity contribution in [2.45, 2.75) is 20.3 Å². The van der Waals surface area contributed by atoms with Crippen LogP contribution >= 0.6 is 0 Å². The van der Waals surface area contributed by atoms with Crippen LogP contribution in [0.15, 0.2) is 36.0 Å². The van der Waals surface area contributed by atoms with Gasteiger partial charge in [0, 0.05) is 6.92 Å². The maximum Gasteiger partial charge on any atom is 0.354 e. The molecule has 0 fully saturated rings. The second-order valence-corrected chi connectivity index (χ2v) is 3.79. The number of nitrogens with one attached hydrogen (secondary N) is 1. The molecular weight excluding hydrogens is 230 g/mol. The quantitative estimate of drug-likeness (QED) is 0.640. The highest BCUT2D eigenvalue weighted by Gasteiger charge is 2.12. The Morgan fingerprint density at radius 3 is 2.50 bits per heavy atom. The van der Waals surface area contributed by atoms with E-state index in [0.717, 1.165) is 12.0 Å². The van der Waals surface area contributed by atoms with E-state index in [0.29, 0.717) is 6.61 Å². The van der Waals surface area contributed by atoms with Crippen LogP contribution in [0.2, 0.25) is 0 Å². The molecule has 4 heteroatoms. The van der Waals surface area contributed by atoms with Crippen LogP contribution in [0, 0.1) is 0 Å². The zero-order valence-corrected chi connectivity index (χ0v) is 10.6. The van der Waals surface area contributed by atoms with Crippen LogP contribution in [0.5, 0.6) is 0 Å². The minimum absolute atomic E-state index is 0.155. The summed E-state index contributed by atoms with van der Waals surface area (Å²) >= 11 is 0. The minimum atomic E-state index is -0.518. The van der Waals surface area contributed by atoms with Crippen molar-refractivity contribution < 1.29 is 14.3 Å². The fourth-order valence-electron chi connectivity index (χ4n) is 1.32. The Labute approximate surface area is 107 Å². The highest BCUT2D eigenvalue weighted by atomic mass is 16.5. The number of carbonyl (C=O) groups is 2. The van der Waals surface area contributed by atoms with Crippen LogP contribution in [0.4, 0.5) is 0 Å². The maximum atomic E-state index is 11.7. The van der Waals surface area contributed by atoms with Crippen molar-refractivity contribution in [2.75, 3.05) is 6.61 Å². The van der Waals surface area contributed by atoms with Gasteiger partial charge in [0.2, 0.25) is 5.91 Å². The smallest absolute Gasteiger partial charge is 0.354 e. The number of benzene rings is 1. The molecule has 1 rings (SSSR count). The lowest BCUT2D eigenvalue weighted by Gasteiger charge is -2.08. The number of hydrogen-bond donors (Lipinski definition) is 1. The van der Waals surface area contributed by atoms with Gasteiger partial charge in [0.05, 0.1) is 6.61 Å². The van der Waals surface area contributed by atoms with Gasteiger partial charge in [-0.1, -0.05) is 37.3 Å². The van der Waals surface area contributed by atoms with Gasteiger partial charge >= 0.3 is 5.97 Å². The summed E-state index contributed by atoms with van der Waals surface area (Å²) in [7, 11) is 0. The van der Waals surface area contributed by atoms with Crippen LogP contribution in [0.1, 0.15) is 25.8 Å². The molecule has 96 valence electrons. The second kappa shape index (κ2) is 7.27. The van der Waals surface area contributed by atoms with Crippen LogP contribution in [0.25, 0.3) is 6.08 Å². The molecular formula is C14H17NO3. The molecule has 4 nitrogen and oxygen atoms in total. The van der Waals surface area contributed by atoms with E-state index < -0.39 is 5.97 Å². The van der Waals surface area contributed by atoms with E-state index in [-0.39, 0.29) is 11.6 Å². The number of esters is 1. The summed E-state index contributed by atoms with van der Waals surface area (Å²) in [5.41, 5.74) is 0.983. The van der Waals surface area contributed by atoms with E-state index >= 15 is 0 Å². The summed E-state index contributed by atoms with van der Waals surface area (Å²) in [6.07, 6.45) is 2.34. The SMILES string of the molecule is CCCOC(=O)/C(=C/c1ccccc1)NC(C)=O. The molecule has 0 radical (unpaired) electrons. The topological polar surface area (TPSA) is 55.4 Å². The molecule has 0 saturated heterocycles. The molecule has 1 aromatic rings. The van der Waals surface area contributed by atoms with Crippen molar-refractivity contribution in [3.05, 3.63) is 41.6 Å². The maximum absolute atomic E-state index is 11.7. The first-order valence-electron chi connectivity index (χ1n) is 5.85. The Kier molecular flexibility index (Phi) is 5.64. The summed E-state index contributed by atoms with van der Waals surface area (Å²) in [5, 5.41) is 2.48. The van der Waals surface area contributed by atoms with Crippen LogP contribution in [-0.2, 0) is 14.3 Å². The van der Waals surface area contributed by atoms with Gasteiger partial charge in [-0.2, -0.15) is 0 Å². The van der Waals surface area contributed by atoms with Gasteiger partial charge in [-0.05, 0) is 18.1 Å². The molecule has 0 spiro atoms. The average molecular weight is 247 g/mol. The normalized spacial score (nSPS) is 10.9. The molecule has 1 aromatic carbocycles. The van der Waals surface area contributed by atoms with Crippen molar-refractivity contribution in [1.82, 2.24) is 5.32 Å². The molecule has 0 aliphatic carbocycles. The molecule has 1 N–H and O–H groups in total. The summed E-state index contributed by atoms with van der Waals surface area (Å²) in [6.45, 7) is 3.60. The third-order valence-corrected chi connectivity index (χ3v) is 2.08. The van der Waals surface area contributed by atoms with Crippen LogP contribution in [0.3, 0.4) is 0 Å². The zero-order chi connectivity index (χ0) is 13.4. The van der Waals surface area contributed by atoms with Crippen molar-refractivity contribution in [3.8, 4) is 0 Å². The molecule has 0 atom stereocenters. The van der Waals surface area contributed by atoms with E-state index in [1.807, 2.05) is 37.3 Å². The Hall–Kier alpha value is -2.10.